The van der Waals surface area contributed by atoms with E-state index >= 15 is 0 Å². The number of allylic oxidation sites excluding steroid dienone is 1. The van der Waals surface area contributed by atoms with Crippen molar-refractivity contribution in [3.8, 4) is 0 Å². The number of aliphatic hydroxyl groups excluding tert-OH is 1. The van der Waals surface area contributed by atoms with Crippen LogP contribution in [0.5, 0.6) is 0 Å². The second kappa shape index (κ2) is 7.66. The molecule has 152 valence electrons. The van der Waals surface area contributed by atoms with E-state index in [1.807, 2.05) is 9.80 Å². The molecule has 2 unspecified atom stereocenters. The van der Waals surface area contributed by atoms with Crippen LogP contribution >= 0.6 is 0 Å². The first-order valence-corrected chi connectivity index (χ1v) is 10.4. The van der Waals surface area contributed by atoms with Crippen molar-refractivity contribution >= 4 is 11.8 Å². The van der Waals surface area contributed by atoms with Crippen molar-refractivity contribution in [2.75, 3.05) is 26.2 Å². The number of aliphatic hydroxyl groups is 1. The molecule has 0 bridgehead atoms. The number of rotatable bonds is 4. The minimum atomic E-state index is -1.08. The van der Waals surface area contributed by atoms with Gasteiger partial charge in [-0.2, -0.15) is 5.10 Å². The predicted octanol–water partition coefficient (Wildman–Crippen LogP) is 1.28. The Bertz CT molecular complexity index is 789. The van der Waals surface area contributed by atoms with Crippen LogP contribution in [0.2, 0.25) is 0 Å². The van der Waals surface area contributed by atoms with Gasteiger partial charge in [0.1, 0.15) is 12.2 Å². The molecule has 0 radical (unpaired) electrons. The van der Waals surface area contributed by atoms with Crippen LogP contribution in [-0.4, -0.2) is 67.7 Å². The Hall–Kier alpha value is -2.22. The summed E-state index contributed by atoms with van der Waals surface area (Å²) in [7, 11) is 0. The Morgan fingerprint density at radius 3 is 3.04 bits per heavy atom. The van der Waals surface area contributed by atoms with Gasteiger partial charge in [0.25, 0.3) is 5.91 Å². The summed E-state index contributed by atoms with van der Waals surface area (Å²) in [6, 6.07) is 0. The molecule has 4 heterocycles. The Morgan fingerprint density at radius 1 is 1.36 bits per heavy atom. The van der Waals surface area contributed by atoms with E-state index in [0.717, 1.165) is 45.2 Å². The van der Waals surface area contributed by atoms with E-state index in [4.69, 9.17) is 0 Å². The van der Waals surface area contributed by atoms with Crippen LogP contribution in [-0.2, 0) is 16.0 Å². The number of carbonyl (C=O) groups excluding carboxylic acids is 2. The van der Waals surface area contributed by atoms with E-state index in [9.17, 15) is 14.7 Å². The number of fused-ring (bicyclic) bond motifs is 1. The topological polar surface area (TPSA) is 91.6 Å². The molecule has 1 aromatic rings. The molecule has 4 rings (SSSR count). The molecule has 3 aliphatic heterocycles. The molecule has 2 saturated heterocycles. The van der Waals surface area contributed by atoms with Crippen molar-refractivity contribution in [1.82, 2.24) is 24.6 Å². The lowest BCUT2D eigenvalue weighted by atomic mass is 9.73. The highest BCUT2D eigenvalue weighted by Gasteiger charge is 2.43. The van der Waals surface area contributed by atoms with Gasteiger partial charge in [-0.25, -0.2) is 9.67 Å². The molecule has 0 aromatic carbocycles. The molecule has 28 heavy (non-hydrogen) atoms. The number of carbonyl (C=O) groups is 2. The molecule has 2 fully saturated rings. The highest BCUT2D eigenvalue weighted by atomic mass is 16.3. The maximum absolute atomic E-state index is 13.2. The summed E-state index contributed by atoms with van der Waals surface area (Å²) in [6.07, 6.45) is 8.06. The number of hydrogen-bond donors (Lipinski definition) is 1. The highest BCUT2D eigenvalue weighted by molar-refractivity contribution is 5.94. The number of piperidine rings is 2. The molecule has 1 N–H and O–H groups in total. The molecule has 0 aliphatic carbocycles. The third-order valence-corrected chi connectivity index (χ3v) is 6.39. The van der Waals surface area contributed by atoms with Crippen molar-refractivity contribution in [1.29, 1.82) is 0 Å². The number of hydrogen-bond acceptors (Lipinski definition) is 5. The third-order valence-electron chi connectivity index (χ3n) is 6.39. The molecule has 0 saturated carbocycles. The summed E-state index contributed by atoms with van der Waals surface area (Å²) in [4.78, 5) is 33.5. The minimum absolute atomic E-state index is 0.0197. The first-order valence-electron chi connectivity index (χ1n) is 10.4. The van der Waals surface area contributed by atoms with Gasteiger partial charge in [0, 0.05) is 44.4 Å². The largest absolute Gasteiger partial charge is 0.368 e. The Labute approximate surface area is 165 Å². The third kappa shape index (κ3) is 3.45. The summed E-state index contributed by atoms with van der Waals surface area (Å²) in [5, 5.41) is 14.6. The maximum atomic E-state index is 13.2. The Kier molecular flexibility index (Phi) is 5.23. The van der Waals surface area contributed by atoms with Crippen LogP contribution in [0.1, 0.15) is 57.5 Å². The van der Waals surface area contributed by atoms with Crippen molar-refractivity contribution in [2.45, 2.75) is 58.1 Å². The van der Waals surface area contributed by atoms with Crippen LogP contribution in [0.15, 0.2) is 18.0 Å². The minimum Gasteiger partial charge on any atom is -0.368 e. The lowest BCUT2D eigenvalue weighted by molar-refractivity contribution is -0.142. The molecule has 8 nitrogen and oxygen atoms in total. The fourth-order valence-corrected chi connectivity index (χ4v) is 4.81. The van der Waals surface area contributed by atoms with Gasteiger partial charge in [0.05, 0.1) is 5.57 Å². The summed E-state index contributed by atoms with van der Waals surface area (Å²) in [5.74, 6) is 0.785. The predicted molar refractivity (Wildman–Crippen MR) is 102 cm³/mol. The fraction of sp³-hybridized carbons (Fsp3) is 0.700. The number of amides is 2. The molecule has 1 spiro atoms. The van der Waals surface area contributed by atoms with Gasteiger partial charge in [-0.3, -0.25) is 9.59 Å². The lowest BCUT2D eigenvalue weighted by Crippen LogP contribution is -2.55. The normalized spacial score (nSPS) is 27.7. The maximum Gasteiger partial charge on any atom is 0.254 e. The van der Waals surface area contributed by atoms with Crippen LogP contribution in [0.25, 0.3) is 0 Å². The smallest absolute Gasteiger partial charge is 0.254 e. The summed E-state index contributed by atoms with van der Waals surface area (Å²) in [5.41, 5.74) is 0.360. The summed E-state index contributed by atoms with van der Waals surface area (Å²) >= 11 is 0. The molecule has 8 heteroatoms. The Morgan fingerprint density at radius 2 is 2.21 bits per heavy atom. The van der Waals surface area contributed by atoms with Crippen molar-refractivity contribution < 1.29 is 14.7 Å². The van der Waals surface area contributed by atoms with Gasteiger partial charge in [-0.15, -0.1) is 0 Å². The van der Waals surface area contributed by atoms with Crippen molar-refractivity contribution in [3.05, 3.63) is 23.8 Å². The highest BCUT2D eigenvalue weighted by Crippen LogP contribution is 2.39. The standard InChI is InChI=1S/C20H29N5O3/c1-2-3-10-23-12-20(9-7-17(23)26)8-4-11-24(13-20)18(27)15-5-6-16-21-14-22-25(16)19(15)28/h5,14,19,28H,2-4,6-13H2,1H3. The van der Waals surface area contributed by atoms with Crippen molar-refractivity contribution in [2.24, 2.45) is 5.41 Å². The number of unbranched alkanes of at least 4 members (excludes halogenated alkanes) is 1. The van der Waals surface area contributed by atoms with E-state index in [-0.39, 0.29) is 17.2 Å². The van der Waals surface area contributed by atoms with E-state index in [0.29, 0.717) is 37.3 Å². The van der Waals surface area contributed by atoms with Gasteiger partial charge < -0.3 is 14.9 Å². The molecule has 2 atom stereocenters. The molecule has 1 aromatic heterocycles. The average Bonchev–Trinajstić information content (AvgIpc) is 3.19. The quantitative estimate of drug-likeness (QED) is 0.840. The average molecular weight is 387 g/mol. The number of aromatic nitrogens is 3. The zero-order valence-electron chi connectivity index (χ0n) is 16.5. The van der Waals surface area contributed by atoms with Crippen LogP contribution in [0.3, 0.4) is 0 Å². The second-order valence-corrected chi connectivity index (χ2v) is 8.36. The van der Waals surface area contributed by atoms with E-state index < -0.39 is 6.23 Å². The van der Waals surface area contributed by atoms with Gasteiger partial charge in [0.15, 0.2) is 6.23 Å². The molecular formula is C20H29N5O3. The van der Waals surface area contributed by atoms with Gasteiger partial charge in [-0.1, -0.05) is 19.4 Å². The summed E-state index contributed by atoms with van der Waals surface area (Å²) < 4.78 is 1.42. The Balaban J connectivity index is 1.47. The van der Waals surface area contributed by atoms with E-state index in [2.05, 4.69) is 17.0 Å². The van der Waals surface area contributed by atoms with Gasteiger partial charge >= 0.3 is 0 Å². The first-order chi connectivity index (χ1) is 13.5. The van der Waals surface area contributed by atoms with Crippen LogP contribution in [0.4, 0.5) is 0 Å². The van der Waals surface area contributed by atoms with E-state index in [1.165, 1.54) is 11.0 Å². The summed E-state index contributed by atoms with van der Waals surface area (Å²) in [6.45, 7) is 5.02. The fourth-order valence-electron chi connectivity index (χ4n) is 4.81. The number of likely N-dealkylation sites (tertiary alicyclic amines) is 2. The number of nitrogens with zero attached hydrogens (tertiary/aromatic N) is 5. The zero-order valence-corrected chi connectivity index (χ0v) is 16.5. The van der Waals surface area contributed by atoms with Gasteiger partial charge in [0.2, 0.25) is 5.91 Å². The van der Waals surface area contributed by atoms with E-state index in [1.54, 1.807) is 6.08 Å². The zero-order chi connectivity index (χ0) is 19.7. The second-order valence-electron chi connectivity index (χ2n) is 8.36. The lowest BCUT2D eigenvalue weighted by Gasteiger charge is -2.48. The SMILES string of the molecule is CCCCN1CC2(CCCN(C(=O)C3=CCc4ncnn4C3O)C2)CCC1=O. The van der Waals surface area contributed by atoms with Crippen LogP contribution in [0, 0.1) is 5.41 Å². The van der Waals surface area contributed by atoms with Gasteiger partial charge in [-0.05, 0) is 25.7 Å². The monoisotopic (exact) mass is 387 g/mol. The first kappa shape index (κ1) is 19.1. The van der Waals surface area contributed by atoms with Crippen LogP contribution < -0.4 is 0 Å². The molecular weight excluding hydrogens is 358 g/mol. The molecule has 2 amide bonds. The molecule has 3 aliphatic rings. The van der Waals surface area contributed by atoms with Crippen molar-refractivity contribution in [3.63, 3.8) is 0 Å².